The third-order valence-corrected chi connectivity index (χ3v) is 6.98. The van der Waals surface area contributed by atoms with Gasteiger partial charge in [-0.3, -0.25) is 14.4 Å². The van der Waals surface area contributed by atoms with Gasteiger partial charge in [0.2, 0.25) is 5.91 Å². The van der Waals surface area contributed by atoms with Crippen molar-refractivity contribution in [1.29, 1.82) is 0 Å². The van der Waals surface area contributed by atoms with Gasteiger partial charge in [-0.15, -0.1) is 0 Å². The van der Waals surface area contributed by atoms with Crippen molar-refractivity contribution >= 4 is 34.3 Å². The molecule has 3 aromatic carbocycles. The predicted octanol–water partition coefficient (Wildman–Crippen LogP) is 7.00. The van der Waals surface area contributed by atoms with Crippen molar-refractivity contribution in [3.8, 4) is 0 Å². The zero-order valence-corrected chi connectivity index (χ0v) is 25.1. The van der Waals surface area contributed by atoms with Crippen LogP contribution < -0.4 is 10.6 Å². The molecule has 0 aliphatic carbocycles. The molecule has 1 aromatic heterocycles. The number of carboxylic acids is 1. The highest BCUT2D eigenvalue weighted by atomic mass is 16.4. The number of rotatable bonds is 12. The van der Waals surface area contributed by atoms with E-state index in [4.69, 9.17) is 5.11 Å². The number of nitrogens with zero attached hydrogens (tertiary/aromatic N) is 1. The summed E-state index contributed by atoms with van der Waals surface area (Å²) in [6.07, 6.45) is 3.31. The molecule has 0 aliphatic rings. The van der Waals surface area contributed by atoms with E-state index >= 15 is 0 Å². The summed E-state index contributed by atoms with van der Waals surface area (Å²) in [5.74, 6) is -0.595. The van der Waals surface area contributed by atoms with Crippen molar-refractivity contribution in [2.45, 2.75) is 72.0 Å². The van der Waals surface area contributed by atoms with Gasteiger partial charge in [-0.05, 0) is 68.9 Å². The number of hydrogen-bond acceptors (Lipinski definition) is 4. The topological polar surface area (TPSA) is 100 Å². The number of ketones is 1. The van der Waals surface area contributed by atoms with E-state index in [9.17, 15) is 14.4 Å². The molecule has 0 saturated heterocycles. The van der Waals surface area contributed by atoms with Crippen LogP contribution in [0.5, 0.6) is 0 Å². The SMILES string of the molecule is CC(C)Cc1ccc(C(Nc2cccc(C(=O)c3cn(CCCC(=O)O)c4ccccc34)c2)C(=O)NC(C)(C)C)cc1. The lowest BCUT2D eigenvalue weighted by molar-refractivity contribution is -0.137. The van der Waals surface area contributed by atoms with Gasteiger partial charge in [0.25, 0.3) is 0 Å². The first-order chi connectivity index (χ1) is 19.9. The van der Waals surface area contributed by atoms with Crippen molar-refractivity contribution in [2.75, 3.05) is 5.32 Å². The Balaban J connectivity index is 1.63. The van der Waals surface area contributed by atoms with Crippen LogP contribution in [0.2, 0.25) is 0 Å². The monoisotopic (exact) mass is 567 g/mol. The maximum absolute atomic E-state index is 13.8. The third kappa shape index (κ3) is 7.87. The summed E-state index contributed by atoms with van der Waals surface area (Å²) >= 11 is 0. The molecule has 220 valence electrons. The lowest BCUT2D eigenvalue weighted by atomic mass is 9.97. The third-order valence-electron chi connectivity index (χ3n) is 6.98. The van der Waals surface area contributed by atoms with E-state index in [2.05, 4.69) is 36.6 Å². The number of amides is 1. The number of nitrogens with one attached hydrogen (secondary N) is 2. The van der Waals surface area contributed by atoms with Crippen LogP contribution in [0.25, 0.3) is 10.9 Å². The van der Waals surface area contributed by atoms with Crippen LogP contribution in [0, 0.1) is 5.92 Å². The molecule has 1 heterocycles. The van der Waals surface area contributed by atoms with Gasteiger partial charge in [-0.2, -0.15) is 0 Å². The first-order valence-corrected chi connectivity index (χ1v) is 14.5. The molecule has 1 unspecified atom stereocenters. The van der Waals surface area contributed by atoms with Gasteiger partial charge in [0, 0.05) is 52.4 Å². The fraction of sp³-hybridized carbons (Fsp3) is 0.343. The van der Waals surface area contributed by atoms with Crippen LogP contribution in [0.4, 0.5) is 5.69 Å². The number of anilines is 1. The van der Waals surface area contributed by atoms with Crippen LogP contribution in [-0.4, -0.2) is 32.9 Å². The largest absolute Gasteiger partial charge is 0.481 e. The molecule has 0 fully saturated rings. The number of carboxylic acid groups (broad SMARTS) is 1. The number of aromatic nitrogens is 1. The summed E-state index contributed by atoms with van der Waals surface area (Å²) in [6, 6.07) is 22.3. The fourth-order valence-corrected chi connectivity index (χ4v) is 5.15. The Labute approximate surface area is 247 Å². The summed E-state index contributed by atoms with van der Waals surface area (Å²) in [4.78, 5) is 38.3. The first kappa shape index (κ1) is 30.6. The van der Waals surface area contributed by atoms with Gasteiger partial charge in [-0.25, -0.2) is 0 Å². The lowest BCUT2D eigenvalue weighted by Gasteiger charge is -2.26. The zero-order chi connectivity index (χ0) is 30.4. The second-order valence-corrected chi connectivity index (χ2v) is 12.3. The van der Waals surface area contributed by atoms with Crippen LogP contribution in [0.15, 0.2) is 79.0 Å². The van der Waals surface area contributed by atoms with Crippen molar-refractivity contribution in [1.82, 2.24) is 9.88 Å². The standard InChI is InChI=1S/C35H41N3O4/c1-23(2)20-24-15-17-25(18-16-24)32(34(42)37-35(3,4)5)36-27-11-8-10-26(21-27)33(41)29-22-38(19-9-14-31(39)40)30-13-7-6-12-28(29)30/h6-8,10-13,15-18,21-23,32,36H,9,14,19-20H2,1-5H3,(H,37,42)(H,39,40). The Morgan fingerprint density at radius 1 is 0.929 bits per heavy atom. The minimum absolute atomic E-state index is 0.0634. The second kappa shape index (κ2) is 13.1. The van der Waals surface area contributed by atoms with E-state index in [-0.39, 0.29) is 18.1 Å². The quantitative estimate of drug-likeness (QED) is 0.160. The molecule has 4 rings (SSSR count). The average Bonchev–Trinajstić information content (AvgIpc) is 3.29. The summed E-state index contributed by atoms with van der Waals surface area (Å²) in [5, 5.41) is 16.3. The van der Waals surface area contributed by atoms with Gasteiger partial charge < -0.3 is 20.3 Å². The van der Waals surface area contributed by atoms with Crippen molar-refractivity contribution in [3.63, 3.8) is 0 Å². The number of aryl methyl sites for hydroxylation is 1. The molecule has 7 heteroatoms. The maximum Gasteiger partial charge on any atom is 0.303 e. The molecular weight excluding hydrogens is 526 g/mol. The minimum atomic E-state index is -0.840. The molecule has 3 N–H and O–H groups in total. The van der Waals surface area contributed by atoms with E-state index < -0.39 is 17.6 Å². The summed E-state index contributed by atoms with van der Waals surface area (Å²) in [5.41, 5.74) is 4.25. The molecule has 1 atom stereocenters. The first-order valence-electron chi connectivity index (χ1n) is 14.5. The van der Waals surface area contributed by atoms with E-state index in [0.29, 0.717) is 35.7 Å². The van der Waals surface area contributed by atoms with Gasteiger partial charge in [0.05, 0.1) is 0 Å². The highest BCUT2D eigenvalue weighted by Crippen LogP contribution is 2.27. The molecule has 0 bridgehead atoms. The van der Waals surface area contributed by atoms with Gasteiger partial charge in [-0.1, -0.05) is 68.4 Å². The van der Waals surface area contributed by atoms with Gasteiger partial charge >= 0.3 is 5.97 Å². The van der Waals surface area contributed by atoms with Crippen molar-refractivity contribution < 1.29 is 19.5 Å². The summed E-state index contributed by atoms with van der Waals surface area (Å²) < 4.78 is 1.95. The number of hydrogen-bond donors (Lipinski definition) is 3. The van der Waals surface area contributed by atoms with E-state index in [1.165, 1.54) is 5.56 Å². The van der Waals surface area contributed by atoms with Gasteiger partial charge in [0.1, 0.15) is 6.04 Å². The number of benzene rings is 3. The van der Waals surface area contributed by atoms with E-state index in [1.807, 2.05) is 80.1 Å². The molecular formula is C35H41N3O4. The second-order valence-electron chi connectivity index (χ2n) is 12.3. The Kier molecular flexibility index (Phi) is 9.51. The van der Waals surface area contributed by atoms with Crippen molar-refractivity contribution in [2.24, 2.45) is 5.92 Å². The van der Waals surface area contributed by atoms with E-state index in [1.54, 1.807) is 12.1 Å². The zero-order valence-electron chi connectivity index (χ0n) is 25.1. The van der Waals surface area contributed by atoms with Crippen LogP contribution in [0.1, 0.15) is 80.6 Å². The number of fused-ring (bicyclic) bond motifs is 1. The molecule has 42 heavy (non-hydrogen) atoms. The van der Waals surface area contributed by atoms with Gasteiger partial charge in [0.15, 0.2) is 5.78 Å². The Bertz CT molecular complexity index is 1560. The Morgan fingerprint density at radius 2 is 1.64 bits per heavy atom. The fourth-order valence-electron chi connectivity index (χ4n) is 5.15. The van der Waals surface area contributed by atoms with E-state index in [0.717, 1.165) is 22.9 Å². The number of carbonyl (C=O) groups excluding carboxylic acids is 2. The molecule has 0 spiro atoms. The highest BCUT2D eigenvalue weighted by molar-refractivity contribution is 6.16. The predicted molar refractivity (Wildman–Crippen MR) is 168 cm³/mol. The molecule has 1 amide bonds. The molecule has 0 radical (unpaired) electrons. The molecule has 0 aliphatic heterocycles. The lowest BCUT2D eigenvalue weighted by Crippen LogP contribution is -2.44. The van der Waals surface area contributed by atoms with Crippen LogP contribution in [-0.2, 0) is 22.6 Å². The number of aliphatic carboxylic acids is 1. The molecule has 7 nitrogen and oxygen atoms in total. The summed E-state index contributed by atoms with van der Waals surface area (Å²) in [6.45, 7) is 10.7. The molecule has 4 aromatic rings. The Morgan fingerprint density at radius 3 is 2.31 bits per heavy atom. The maximum atomic E-state index is 13.8. The normalized spacial score (nSPS) is 12.3. The van der Waals surface area contributed by atoms with Crippen molar-refractivity contribution in [3.05, 3.63) is 101 Å². The van der Waals surface area contributed by atoms with Crippen LogP contribution in [0.3, 0.4) is 0 Å². The number of carbonyl (C=O) groups is 3. The average molecular weight is 568 g/mol. The summed E-state index contributed by atoms with van der Waals surface area (Å²) in [7, 11) is 0. The highest BCUT2D eigenvalue weighted by Gasteiger charge is 2.25. The van der Waals surface area contributed by atoms with Crippen LogP contribution >= 0.6 is 0 Å². The smallest absolute Gasteiger partial charge is 0.303 e. The molecule has 0 saturated carbocycles. The Hall–Kier alpha value is -4.39. The minimum Gasteiger partial charge on any atom is -0.481 e. The number of para-hydroxylation sites is 1.